The fraction of sp³-hybridized carbons (Fsp3) is 0. The van der Waals surface area contributed by atoms with Crippen molar-refractivity contribution >= 4 is 0 Å². The third-order valence-electron chi connectivity index (χ3n) is 5.04. The Labute approximate surface area is 224 Å². The van der Waals surface area contributed by atoms with E-state index in [1.165, 1.54) is 0 Å². The monoisotopic (exact) mass is 531 g/mol. The predicted octanol–water partition coefficient (Wildman–Crippen LogP) is 5.20. The van der Waals surface area contributed by atoms with E-state index in [1.54, 1.807) is 24.8 Å². The van der Waals surface area contributed by atoms with Gasteiger partial charge in [-0.3, -0.25) is 19.9 Å². The van der Waals surface area contributed by atoms with Crippen molar-refractivity contribution in [3.05, 3.63) is 122 Å². The van der Waals surface area contributed by atoms with Crippen molar-refractivity contribution < 1.29 is 17.1 Å². The van der Waals surface area contributed by atoms with Crippen LogP contribution in [0.15, 0.2) is 122 Å². The summed E-state index contributed by atoms with van der Waals surface area (Å²) in [5.74, 6) is 0. The Bertz CT molecular complexity index is 1250. The maximum absolute atomic E-state index is 4.23. The number of nitrogens with zero attached hydrogens (tertiary/aromatic N) is 8. The van der Waals surface area contributed by atoms with Crippen LogP contribution in [0.25, 0.3) is 45.6 Å². The van der Waals surface area contributed by atoms with Crippen LogP contribution in [0.3, 0.4) is 0 Å². The molecule has 0 aliphatic carbocycles. The van der Waals surface area contributed by atoms with Crippen LogP contribution < -0.4 is 0 Å². The molecule has 0 fully saturated rings. The van der Waals surface area contributed by atoms with Gasteiger partial charge in [-0.1, -0.05) is 24.3 Å². The van der Waals surface area contributed by atoms with E-state index in [0.29, 0.717) is 0 Å². The van der Waals surface area contributed by atoms with Crippen molar-refractivity contribution in [2.24, 2.45) is 0 Å². The summed E-state index contributed by atoms with van der Waals surface area (Å²) in [6.45, 7) is 0. The average molecular weight is 532 g/mol. The van der Waals surface area contributed by atoms with Crippen LogP contribution in [0, 0.1) is 0 Å². The summed E-state index contributed by atoms with van der Waals surface area (Å²) in [6, 6.07) is 30.4. The largest absolute Gasteiger partial charge is 0.255 e. The summed E-state index contributed by atoms with van der Waals surface area (Å²) in [5, 5.41) is 16.7. The molecule has 0 aliphatic rings. The smallest absolute Gasteiger partial charge is 0.111 e. The van der Waals surface area contributed by atoms with Gasteiger partial charge in [0, 0.05) is 41.9 Å². The molecular formula is C28H20CuN8. The van der Waals surface area contributed by atoms with Gasteiger partial charge in [-0.15, -0.1) is 20.4 Å². The van der Waals surface area contributed by atoms with Crippen LogP contribution in [-0.2, 0) is 17.1 Å². The Morgan fingerprint density at radius 2 is 0.514 bits per heavy atom. The van der Waals surface area contributed by atoms with Gasteiger partial charge in [0.15, 0.2) is 0 Å². The number of hydrogen-bond donors (Lipinski definition) is 0. The molecule has 9 heteroatoms. The molecule has 6 rings (SSSR count). The van der Waals surface area contributed by atoms with Gasteiger partial charge in [-0.2, -0.15) is 0 Å². The summed E-state index contributed by atoms with van der Waals surface area (Å²) >= 11 is 0. The normalized spacial score (nSPS) is 9.95. The Hall–Kier alpha value is -4.72. The number of aromatic nitrogens is 8. The summed E-state index contributed by atoms with van der Waals surface area (Å²) in [7, 11) is 0. The Kier molecular flexibility index (Phi) is 8.80. The molecule has 0 spiro atoms. The molecule has 6 aromatic rings. The molecule has 0 atom stereocenters. The molecule has 0 aliphatic heterocycles. The first-order valence-corrected chi connectivity index (χ1v) is 11.2. The maximum Gasteiger partial charge on any atom is 0.111 e. The second-order valence-electron chi connectivity index (χ2n) is 7.47. The van der Waals surface area contributed by atoms with Crippen molar-refractivity contribution in [3.63, 3.8) is 0 Å². The zero-order valence-electron chi connectivity index (χ0n) is 19.4. The van der Waals surface area contributed by atoms with E-state index in [2.05, 4.69) is 40.3 Å². The molecular weight excluding hydrogens is 512 g/mol. The minimum Gasteiger partial charge on any atom is -0.255 e. The van der Waals surface area contributed by atoms with Crippen LogP contribution in [0.4, 0.5) is 0 Å². The van der Waals surface area contributed by atoms with Gasteiger partial charge in [0.05, 0.1) is 22.8 Å². The van der Waals surface area contributed by atoms with Crippen molar-refractivity contribution in [1.82, 2.24) is 40.3 Å². The molecule has 0 amide bonds. The number of hydrogen-bond acceptors (Lipinski definition) is 8. The fourth-order valence-corrected chi connectivity index (χ4v) is 3.27. The van der Waals surface area contributed by atoms with Crippen LogP contribution >= 0.6 is 0 Å². The van der Waals surface area contributed by atoms with Crippen LogP contribution in [-0.4, -0.2) is 40.3 Å². The van der Waals surface area contributed by atoms with E-state index < -0.39 is 0 Å². The third-order valence-corrected chi connectivity index (χ3v) is 5.04. The van der Waals surface area contributed by atoms with E-state index in [4.69, 9.17) is 0 Å². The van der Waals surface area contributed by atoms with Gasteiger partial charge in [0.2, 0.25) is 0 Å². The van der Waals surface area contributed by atoms with E-state index >= 15 is 0 Å². The Morgan fingerprint density at radius 3 is 0.676 bits per heavy atom. The van der Waals surface area contributed by atoms with Crippen molar-refractivity contribution in [2.75, 3.05) is 0 Å². The van der Waals surface area contributed by atoms with E-state index in [9.17, 15) is 0 Å². The first kappa shape index (κ1) is 25.4. The summed E-state index contributed by atoms with van der Waals surface area (Å²) in [6.07, 6.45) is 6.96. The standard InChI is InChI=1S/2C14H10N4.Cu/c2*1-3-9-15-11(5-1)13-7-8-14(18-17-13)12-6-2-4-10-16-12;/h2*1-10H;. The summed E-state index contributed by atoms with van der Waals surface area (Å²) in [5.41, 5.74) is 6.31. The van der Waals surface area contributed by atoms with Gasteiger partial charge in [0.1, 0.15) is 22.8 Å². The minimum absolute atomic E-state index is 0. The van der Waals surface area contributed by atoms with Crippen LogP contribution in [0.1, 0.15) is 0 Å². The minimum atomic E-state index is 0. The van der Waals surface area contributed by atoms with Gasteiger partial charge >= 0.3 is 0 Å². The number of rotatable bonds is 4. The topological polar surface area (TPSA) is 103 Å². The van der Waals surface area contributed by atoms with E-state index in [-0.39, 0.29) is 17.1 Å². The zero-order valence-corrected chi connectivity index (χ0v) is 20.4. The second kappa shape index (κ2) is 12.8. The molecule has 0 unspecified atom stereocenters. The second-order valence-corrected chi connectivity index (χ2v) is 7.47. The van der Waals surface area contributed by atoms with Gasteiger partial charge < -0.3 is 0 Å². The molecule has 0 N–H and O–H groups in total. The number of pyridine rings is 4. The quantitative estimate of drug-likeness (QED) is 0.286. The zero-order chi connectivity index (χ0) is 24.4. The molecule has 183 valence electrons. The molecule has 37 heavy (non-hydrogen) atoms. The average Bonchev–Trinajstić information content (AvgIpc) is 2.99. The van der Waals surface area contributed by atoms with Crippen molar-refractivity contribution in [1.29, 1.82) is 0 Å². The van der Waals surface area contributed by atoms with Crippen LogP contribution in [0.5, 0.6) is 0 Å². The van der Waals surface area contributed by atoms with E-state index in [1.807, 2.05) is 97.1 Å². The molecule has 0 saturated carbocycles. The molecule has 8 nitrogen and oxygen atoms in total. The predicted molar refractivity (Wildman–Crippen MR) is 137 cm³/mol. The molecule has 6 heterocycles. The molecule has 0 bridgehead atoms. The molecule has 0 saturated heterocycles. The van der Waals surface area contributed by atoms with Gasteiger partial charge in [-0.25, -0.2) is 0 Å². The molecule has 0 aromatic carbocycles. The Morgan fingerprint density at radius 1 is 0.270 bits per heavy atom. The first-order chi connectivity index (χ1) is 17.9. The molecule has 1 radical (unpaired) electrons. The summed E-state index contributed by atoms with van der Waals surface area (Å²) < 4.78 is 0. The van der Waals surface area contributed by atoms with Gasteiger partial charge in [-0.05, 0) is 72.8 Å². The fourth-order valence-electron chi connectivity index (χ4n) is 3.27. The van der Waals surface area contributed by atoms with E-state index in [0.717, 1.165) is 45.6 Å². The maximum atomic E-state index is 4.23. The first-order valence-electron chi connectivity index (χ1n) is 11.2. The van der Waals surface area contributed by atoms with Crippen molar-refractivity contribution in [3.8, 4) is 45.6 Å². The molecule has 6 aromatic heterocycles. The van der Waals surface area contributed by atoms with Crippen molar-refractivity contribution in [2.45, 2.75) is 0 Å². The SMILES string of the molecule is [Cu].c1ccc(-c2ccc(-c3ccccn3)nn2)nc1.c1ccc(-c2ccc(-c3ccccn3)nn2)nc1. The third kappa shape index (κ3) is 6.70. The van der Waals surface area contributed by atoms with Gasteiger partial charge in [0.25, 0.3) is 0 Å². The van der Waals surface area contributed by atoms with Crippen LogP contribution in [0.2, 0.25) is 0 Å². The summed E-state index contributed by atoms with van der Waals surface area (Å²) in [4.78, 5) is 16.9. The Balaban J connectivity index is 0.000000168.